The molecule has 12 nitrogen and oxygen atoms in total. The molecule has 33 heavy (non-hydrogen) atoms. The normalized spacial score (nSPS) is 7.18. The van der Waals surface area contributed by atoms with E-state index in [1.165, 1.54) is 14.2 Å². The fraction of sp³-hybridized carbons (Fsp3) is 0.857. The van der Waals surface area contributed by atoms with Crippen LogP contribution in [-0.4, -0.2) is 112 Å². The van der Waals surface area contributed by atoms with Crippen LogP contribution in [0.25, 0.3) is 0 Å². The summed E-state index contributed by atoms with van der Waals surface area (Å²) in [4.78, 5) is 28.0. The average Bonchev–Trinajstić information content (AvgIpc) is 2.81. The Bertz CT molecular complexity index is 246. The van der Waals surface area contributed by atoms with Crippen molar-refractivity contribution < 1.29 is 58.9 Å². The number of carboxylic acid groups (broad SMARTS) is 2. The van der Waals surface area contributed by atoms with Crippen molar-refractivity contribution in [2.45, 2.75) is 54.4 Å². The smallest absolute Gasteiger partial charge is 0.303 e. The van der Waals surface area contributed by atoms with Crippen molar-refractivity contribution in [1.82, 2.24) is 0 Å². The highest BCUT2D eigenvalue weighted by Crippen LogP contribution is 1.67. The number of carboxylic acids is 2. The summed E-state index contributed by atoms with van der Waals surface area (Å²) in [7, 11) is 6.27. The first kappa shape index (κ1) is 53.0. The summed E-state index contributed by atoms with van der Waals surface area (Å²) in [6.45, 7) is 12.6. The highest BCUT2D eigenvalue weighted by molar-refractivity contribution is 5.66. The highest BCUT2D eigenvalue weighted by atomic mass is 16.6. The van der Waals surface area contributed by atoms with Gasteiger partial charge in [-0.15, -0.1) is 0 Å². The van der Waals surface area contributed by atoms with E-state index >= 15 is 0 Å². The van der Waals surface area contributed by atoms with E-state index in [0.717, 1.165) is 13.2 Å². The third kappa shape index (κ3) is 453. The lowest BCUT2D eigenvalue weighted by molar-refractivity contribution is -0.137. The first-order chi connectivity index (χ1) is 15.5. The van der Waals surface area contributed by atoms with Gasteiger partial charge in [0, 0.05) is 67.7 Å². The van der Waals surface area contributed by atoms with Crippen molar-refractivity contribution in [3.8, 4) is 0 Å². The number of ether oxygens (including phenoxy) is 4. The Morgan fingerprint density at radius 2 is 0.818 bits per heavy atom. The van der Waals surface area contributed by atoms with Gasteiger partial charge in [0.15, 0.2) is 0 Å². The van der Waals surface area contributed by atoms with E-state index in [1.54, 1.807) is 41.9 Å². The minimum Gasteiger partial charge on any atom is -0.481 e. The van der Waals surface area contributed by atoms with Gasteiger partial charge in [0.25, 0.3) is 0 Å². The summed E-state index contributed by atoms with van der Waals surface area (Å²) in [5.41, 5.74) is 0. The molecule has 0 saturated heterocycles. The van der Waals surface area contributed by atoms with Crippen LogP contribution in [0.5, 0.6) is 0 Å². The molecule has 0 aromatic heterocycles. The molecule has 208 valence electrons. The molecule has 0 amide bonds. The second-order valence-corrected chi connectivity index (χ2v) is 4.32. The van der Waals surface area contributed by atoms with E-state index in [0.29, 0.717) is 6.29 Å². The number of hydrogen-bond acceptors (Lipinski definition) is 10. The van der Waals surface area contributed by atoms with E-state index in [-0.39, 0.29) is 39.5 Å². The molecule has 0 bridgehead atoms. The molecule has 0 aromatic carbocycles. The van der Waals surface area contributed by atoms with Crippen LogP contribution in [0.1, 0.15) is 54.4 Å². The van der Waals surface area contributed by atoms with Crippen LogP contribution in [0.15, 0.2) is 0 Å². The molecule has 12 heteroatoms. The van der Waals surface area contributed by atoms with Crippen LogP contribution in [0.2, 0.25) is 0 Å². The molecular weight excluding hydrogens is 444 g/mol. The first-order valence-corrected chi connectivity index (χ1v) is 10.2. The second-order valence-electron chi connectivity index (χ2n) is 4.32. The maximum Gasteiger partial charge on any atom is 0.303 e. The Hall–Kier alpha value is -1.67. The van der Waals surface area contributed by atoms with Crippen LogP contribution in [0.4, 0.5) is 0 Å². The molecular formula is C21H52O12. The quantitative estimate of drug-likeness (QED) is 0.253. The van der Waals surface area contributed by atoms with E-state index in [2.05, 4.69) is 18.9 Å². The summed E-state index contributed by atoms with van der Waals surface area (Å²) in [6.07, 6.45) is 1.15. The van der Waals surface area contributed by atoms with Gasteiger partial charge in [-0.3, -0.25) is 9.59 Å². The minimum absolute atomic E-state index is 0.181. The zero-order valence-electron chi connectivity index (χ0n) is 22.3. The Labute approximate surface area is 200 Å². The predicted molar refractivity (Wildman–Crippen MR) is 129 cm³/mol. The number of aliphatic carboxylic acids is 2. The number of methoxy groups -OCH3 is 4. The van der Waals surface area contributed by atoms with E-state index < -0.39 is 11.9 Å². The van der Waals surface area contributed by atoms with E-state index in [9.17, 15) is 14.4 Å². The van der Waals surface area contributed by atoms with Gasteiger partial charge in [-0.25, -0.2) is 0 Å². The summed E-state index contributed by atoms with van der Waals surface area (Å²) < 4.78 is 17.5. The molecule has 0 radical (unpaired) electrons. The second kappa shape index (κ2) is 86.9. The number of hydrogen-bond donors (Lipinski definition) is 5. The SMILES string of the molecule is CCC(=O)O.CCC(=O)O.CCO.CCO.CCOC.CCOC.COCC=O.COCO. The Morgan fingerprint density at radius 1 is 0.636 bits per heavy atom. The molecule has 0 aliphatic carbocycles. The summed E-state index contributed by atoms with van der Waals surface area (Å²) in [5.74, 6) is -1.49. The maximum absolute atomic E-state index is 9.37. The summed E-state index contributed by atoms with van der Waals surface area (Å²) in [6, 6.07) is 0. The number of carbonyl (C=O) groups is 3. The highest BCUT2D eigenvalue weighted by Gasteiger charge is 1.81. The van der Waals surface area contributed by atoms with Crippen molar-refractivity contribution >= 4 is 18.2 Å². The monoisotopic (exact) mass is 496 g/mol. The van der Waals surface area contributed by atoms with Crippen LogP contribution in [0.3, 0.4) is 0 Å². The van der Waals surface area contributed by atoms with Gasteiger partial charge in [-0.2, -0.15) is 0 Å². The number of carbonyl (C=O) groups excluding carboxylic acids is 1. The van der Waals surface area contributed by atoms with Crippen LogP contribution in [-0.2, 0) is 33.3 Å². The van der Waals surface area contributed by atoms with Crippen molar-refractivity contribution in [2.24, 2.45) is 0 Å². The predicted octanol–water partition coefficient (Wildman–Crippen LogP) is 1.68. The van der Waals surface area contributed by atoms with Crippen molar-refractivity contribution in [2.75, 3.05) is 68.3 Å². The molecule has 0 unspecified atom stereocenters. The largest absolute Gasteiger partial charge is 0.481 e. The molecule has 5 N–H and O–H groups in total. The van der Waals surface area contributed by atoms with Gasteiger partial charge in [-0.1, -0.05) is 13.8 Å². The molecule has 0 aromatic rings. The van der Waals surface area contributed by atoms with E-state index in [1.807, 2.05) is 13.8 Å². The first-order valence-electron chi connectivity index (χ1n) is 10.2. The maximum atomic E-state index is 9.37. The standard InChI is InChI=1S/3C3H6O2.2C3H8O.C2H6O2.2C2H6O/c1-5-3-2-4;2*1-2-3(4)5;2*1-3-4-2;1-4-2-3;2*1-2-3/h2H,3H2,1H3;2*2H2,1H3,(H,4,5);2*3H2,1-2H3;3H,2H2,1H3;2*3H,2H2,1H3. The minimum atomic E-state index is -0.745. The third-order valence-electron chi connectivity index (χ3n) is 1.55. The van der Waals surface area contributed by atoms with Crippen molar-refractivity contribution in [1.29, 1.82) is 0 Å². The van der Waals surface area contributed by atoms with Gasteiger partial charge in [0.2, 0.25) is 0 Å². The number of rotatable bonds is 7. The molecule has 0 aliphatic heterocycles. The van der Waals surface area contributed by atoms with Gasteiger partial charge >= 0.3 is 11.9 Å². The lowest BCUT2D eigenvalue weighted by Crippen LogP contribution is -1.86. The van der Waals surface area contributed by atoms with Crippen LogP contribution < -0.4 is 0 Å². The fourth-order valence-corrected chi connectivity index (χ4v) is 0.0680. The molecule has 0 heterocycles. The Kier molecular flexibility index (Phi) is 139. The zero-order valence-corrected chi connectivity index (χ0v) is 22.3. The van der Waals surface area contributed by atoms with Gasteiger partial charge in [-0.05, 0) is 27.7 Å². The Balaban J connectivity index is -0.0000000363. The molecule has 0 aliphatic rings. The van der Waals surface area contributed by atoms with Gasteiger partial charge < -0.3 is 49.3 Å². The summed E-state index contributed by atoms with van der Waals surface area (Å²) in [5, 5.41) is 38.2. The lowest BCUT2D eigenvalue weighted by atomic mass is 10.5. The van der Waals surface area contributed by atoms with Crippen molar-refractivity contribution in [3.05, 3.63) is 0 Å². The third-order valence-corrected chi connectivity index (χ3v) is 1.55. The average molecular weight is 497 g/mol. The number of aliphatic hydroxyl groups excluding tert-OH is 3. The molecule has 0 saturated carbocycles. The zero-order chi connectivity index (χ0) is 28.3. The lowest BCUT2D eigenvalue weighted by Gasteiger charge is -1.76. The van der Waals surface area contributed by atoms with Crippen molar-refractivity contribution in [3.63, 3.8) is 0 Å². The molecule has 0 spiro atoms. The fourth-order valence-electron chi connectivity index (χ4n) is 0.0680. The topological polar surface area (TPSA) is 189 Å². The van der Waals surface area contributed by atoms with Gasteiger partial charge in [0.05, 0.1) is 0 Å². The Morgan fingerprint density at radius 3 is 0.818 bits per heavy atom. The molecule has 0 atom stereocenters. The summed E-state index contributed by atoms with van der Waals surface area (Å²) >= 11 is 0. The number of aldehydes is 1. The van der Waals surface area contributed by atoms with Gasteiger partial charge in [0.1, 0.15) is 19.7 Å². The molecule has 0 fully saturated rings. The number of aliphatic hydroxyl groups is 3. The van der Waals surface area contributed by atoms with Crippen LogP contribution >= 0.6 is 0 Å². The van der Waals surface area contributed by atoms with E-state index in [4.69, 9.17) is 25.5 Å². The molecule has 0 rings (SSSR count). The van der Waals surface area contributed by atoms with Crippen LogP contribution in [0, 0.1) is 0 Å².